The molecule has 1 heterocycles. The summed E-state index contributed by atoms with van der Waals surface area (Å²) >= 11 is 5.18. The second-order valence-electron chi connectivity index (χ2n) is 10.5. The van der Waals surface area contributed by atoms with E-state index in [0.717, 1.165) is 4.90 Å². The Morgan fingerprint density at radius 3 is 2.16 bits per heavy atom. The fourth-order valence-corrected chi connectivity index (χ4v) is 4.32. The molecule has 240 valence electrons. The Morgan fingerprint density at radius 1 is 0.909 bits per heavy atom. The number of amides is 7. The van der Waals surface area contributed by atoms with Crippen molar-refractivity contribution in [2.45, 2.75) is 71.1 Å². The van der Waals surface area contributed by atoms with Crippen molar-refractivity contribution in [1.82, 2.24) is 20.9 Å². The number of rotatable bonds is 18. The molecule has 1 aliphatic heterocycles. The number of carbonyl (C=O) groups excluding carboxylic acids is 7. The molecule has 0 spiro atoms. The van der Waals surface area contributed by atoms with Crippen LogP contribution < -0.4 is 27.0 Å². The standard InChI is InChI=1S/C29H39ClN6O8/c1-18(2)25(35-22(37)8-4-3-5-16-36-23(38)13-14-24(36)39)27(41)34-21(7-6-15-32-29(31)43)26(40)33-20-11-9-19(10-12-20)17-44-28(30)42/h9-14,18,21,25H,3-8,15-17H2,1-2H3,(H,33,40)(H,34,41)(H,35,37)(H3,31,32,43)/t21-,25-/m0/s1. The van der Waals surface area contributed by atoms with Gasteiger partial charge >= 0.3 is 11.5 Å². The summed E-state index contributed by atoms with van der Waals surface area (Å²) in [5, 5.41) is 10.6. The van der Waals surface area contributed by atoms with Gasteiger partial charge in [0.15, 0.2) is 0 Å². The van der Waals surface area contributed by atoms with Crippen molar-refractivity contribution in [3.63, 3.8) is 0 Å². The highest BCUT2D eigenvalue weighted by molar-refractivity contribution is 6.61. The number of nitrogens with two attached hydrogens (primary N) is 1. The smallest absolute Gasteiger partial charge is 0.404 e. The van der Waals surface area contributed by atoms with Gasteiger partial charge in [-0.3, -0.25) is 28.9 Å². The van der Waals surface area contributed by atoms with E-state index in [1.807, 2.05) is 0 Å². The summed E-state index contributed by atoms with van der Waals surface area (Å²) in [7, 11) is 0. The Bertz CT molecular complexity index is 1220. The van der Waals surface area contributed by atoms with E-state index in [9.17, 15) is 33.6 Å². The first-order chi connectivity index (χ1) is 20.9. The molecule has 15 heteroatoms. The van der Waals surface area contributed by atoms with Crippen molar-refractivity contribution in [2.24, 2.45) is 11.7 Å². The van der Waals surface area contributed by atoms with Gasteiger partial charge in [0.25, 0.3) is 11.8 Å². The zero-order valence-electron chi connectivity index (χ0n) is 24.7. The van der Waals surface area contributed by atoms with Crippen molar-refractivity contribution < 1.29 is 38.3 Å². The number of unbranched alkanes of at least 4 members (excludes halogenated alkanes) is 2. The molecule has 2 atom stereocenters. The van der Waals surface area contributed by atoms with Gasteiger partial charge in [-0.2, -0.15) is 0 Å². The summed E-state index contributed by atoms with van der Waals surface area (Å²) in [5.74, 6) is -2.41. The van der Waals surface area contributed by atoms with Crippen molar-refractivity contribution >= 4 is 58.3 Å². The van der Waals surface area contributed by atoms with Gasteiger partial charge in [0.1, 0.15) is 18.7 Å². The van der Waals surface area contributed by atoms with Crippen LogP contribution >= 0.6 is 11.6 Å². The highest BCUT2D eigenvalue weighted by atomic mass is 35.5. The second-order valence-corrected chi connectivity index (χ2v) is 10.8. The summed E-state index contributed by atoms with van der Waals surface area (Å²) in [5.41, 5.74) is 5.24. The number of carbonyl (C=O) groups is 7. The number of halogens is 1. The van der Waals surface area contributed by atoms with Gasteiger partial charge in [-0.05, 0) is 49.3 Å². The molecule has 0 saturated heterocycles. The van der Waals surface area contributed by atoms with Crippen LogP contribution in [0.3, 0.4) is 0 Å². The Labute approximate surface area is 260 Å². The number of hydrogen-bond acceptors (Lipinski definition) is 8. The number of imide groups is 1. The molecule has 6 N–H and O–H groups in total. The molecule has 1 aliphatic rings. The highest BCUT2D eigenvalue weighted by Gasteiger charge is 2.29. The van der Waals surface area contributed by atoms with Crippen LogP contribution in [0.4, 0.5) is 15.3 Å². The lowest BCUT2D eigenvalue weighted by atomic mass is 10.0. The van der Waals surface area contributed by atoms with Crippen LogP contribution in [-0.4, -0.2) is 71.1 Å². The van der Waals surface area contributed by atoms with Gasteiger partial charge in [-0.25, -0.2) is 9.59 Å². The zero-order valence-corrected chi connectivity index (χ0v) is 25.5. The van der Waals surface area contributed by atoms with E-state index in [2.05, 4.69) is 21.3 Å². The van der Waals surface area contributed by atoms with E-state index in [-0.39, 0.29) is 56.2 Å². The normalized spacial score (nSPS) is 13.8. The first-order valence-electron chi connectivity index (χ1n) is 14.3. The molecule has 0 bridgehead atoms. The summed E-state index contributed by atoms with van der Waals surface area (Å²) < 4.78 is 4.73. The quantitative estimate of drug-likeness (QED) is 0.0915. The number of benzene rings is 1. The van der Waals surface area contributed by atoms with Gasteiger partial charge in [0.05, 0.1) is 0 Å². The summed E-state index contributed by atoms with van der Waals surface area (Å²) in [4.78, 5) is 85.3. The number of anilines is 1. The largest absolute Gasteiger partial charge is 0.449 e. The SMILES string of the molecule is CC(C)[C@H](NC(=O)CCCCCN1C(=O)C=CC1=O)C(=O)N[C@@H](CCCNC(N)=O)C(=O)Nc1ccc(COC(=O)Cl)cc1. The maximum Gasteiger partial charge on any atom is 0.404 e. The predicted molar refractivity (Wildman–Crippen MR) is 161 cm³/mol. The van der Waals surface area contributed by atoms with E-state index in [0.29, 0.717) is 36.9 Å². The fourth-order valence-electron chi connectivity index (χ4n) is 4.27. The van der Waals surface area contributed by atoms with Crippen molar-refractivity contribution in [1.29, 1.82) is 0 Å². The first-order valence-corrected chi connectivity index (χ1v) is 14.6. The van der Waals surface area contributed by atoms with Gasteiger partial charge < -0.3 is 31.7 Å². The Kier molecular flexibility index (Phi) is 14.8. The minimum atomic E-state index is -1.00. The van der Waals surface area contributed by atoms with E-state index in [4.69, 9.17) is 22.1 Å². The van der Waals surface area contributed by atoms with E-state index >= 15 is 0 Å². The van der Waals surface area contributed by atoms with E-state index in [1.54, 1.807) is 38.1 Å². The molecule has 0 fully saturated rings. The number of primary amides is 1. The lowest BCUT2D eigenvalue weighted by Crippen LogP contribution is -2.54. The van der Waals surface area contributed by atoms with Gasteiger partial charge in [0, 0.05) is 49.0 Å². The molecular weight excluding hydrogens is 596 g/mol. The first kappa shape index (κ1) is 35.7. The Balaban J connectivity index is 1.94. The van der Waals surface area contributed by atoms with E-state index < -0.39 is 35.4 Å². The number of hydrogen-bond donors (Lipinski definition) is 5. The molecule has 1 aromatic carbocycles. The third kappa shape index (κ3) is 12.8. The molecule has 0 unspecified atom stereocenters. The summed E-state index contributed by atoms with van der Waals surface area (Å²) in [6.07, 6.45) is 4.72. The van der Waals surface area contributed by atoms with Crippen molar-refractivity contribution in [2.75, 3.05) is 18.4 Å². The van der Waals surface area contributed by atoms with Gasteiger partial charge in [0.2, 0.25) is 17.7 Å². The predicted octanol–water partition coefficient (Wildman–Crippen LogP) is 2.06. The lowest BCUT2D eigenvalue weighted by molar-refractivity contribution is -0.137. The molecular formula is C29H39ClN6O8. The van der Waals surface area contributed by atoms with Crippen LogP contribution in [0.2, 0.25) is 0 Å². The second kappa shape index (κ2) is 18.3. The van der Waals surface area contributed by atoms with Crippen LogP contribution in [0.5, 0.6) is 0 Å². The summed E-state index contributed by atoms with van der Waals surface area (Å²) in [6, 6.07) is 3.82. The maximum atomic E-state index is 13.3. The lowest BCUT2D eigenvalue weighted by Gasteiger charge is -2.25. The maximum absolute atomic E-state index is 13.3. The Morgan fingerprint density at radius 2 is 1.57 bits per heavy atom. The van der Waals surface area contributed by atoms with Crippen molar-refractivity contribution in [3.8, 4) is 0 Å². The van der Waals surface area contributed by atoms with Gasteiger partial charge in [-0.15, -0.1) is 0 Å². The molecule has 0 saturated carbocycles. The summed E-state index contributed by atoms with van der Waals surface area (Å²) in [6.45, 7) is 3.94. The van der Waals surface area contributed by atoms with Gasteiger partial charge in [-0.1, -0.05) is 32.4 Å². The van der Waals surface area contributed by atoms with Crippen molar-refractivity contribution in [3.05, 3.63) is 42.0 Å². The molecule has 7 amide bonds. The molecule has 0 aliphatic carbocycles. The van der Waals surface area contributed by atoms with Crippen LogP contribution in [0.1, 0.15) is 57.9 Å². The number of nitrogens with one attached hydrogen (secondary N) is 4. The van der Waals surface area contributed by atoms with Crippen LogP contribution in [0.15, 0.2) is 36.4 Å². The molecule has 14 nitrogen and oxygen atoms in total. The average Bonchev–Trinajstić information content (AvgIpc) is 3.28. The minimum absolute atomic E-state index is 0.0389. The number of urea groups is 1. The minimum Gasteiger partial charge on any atom is -0.449 e. The molecule has 1 aromatic rings. The highest BCUT2D eigenvalue weighted by Crippen LogP contribution is 2.13. The van der Waals surface area contributed by atoms with Crippen LogP contribution in [-0.2, 0) is 35.3 Å². The molecule has 2 rings (SSSR count). The third-order valence-corrected chi connectivity index (χ3v) is 6.74. The topological polar surface area (TPSA) is 206 Å². The molecule has 0 radical (unpaired) electrons. The molecule has 0 aromatic heterocycles. The van der Waals surface area contributed by atoms with Crippen LogP contribution in [0.25, 0.3) is 0 Å². The number of nitrogens with zero attached hydrogens (tertiary/aromatic N) is 1. The molecule has 44 heavy (non-hydrogen) atoms. The fraction of sp³-hybridized carbons (Fsp3) is 0.483. The van der Waals surface area contributed by atoms with Crippen LogP contribution in [0, 0.1) is 5.92 Å². The monoisotopic (exact) mass is 634 g/mol. The third-order valence-electron chi connectivity index (χ3n) is 6.63. The Hall–Kier alpha value is -4.46. The number of ether oxygens (including phenoxy) is 1. The zero-order chi connectivity index (χ0) is 32.6. The average molecular weight is 635 g/mol. The van der Waals surface area contributed by atoms with E-state index in [1.165, 1.54) is 12.2 Å².